The summed E-state index contributed by atoms with van der Waals surface area (Å²) in [5.41, 5.74) is 0.681. The van der Waals surface area contributed by atoms with Gasteiger partial charge in [0.1, 0.15) is 6.33 Å². The Hall–Kier alpha value is -0.880. The second-order valence-corrected chi connectivity index (χ2v) is 4.68. The third-order valence-corrected chi connectivity index (χ3v) is 3.07. The zero-order valence-electron chi connectivity index (χ0n) is 7.22. The maximum absolute atomic E-state index is 11.4. The molecule has 5 nitrogen and oxygen atoms in total. The number of nitrogens with zero attached hydrogens (tertiary/aromatic N) is 3. The summed E-state index contributed by atoms with van der Waals surface area (Å²) in [5, 5.41) is 0. The summed E-state index contributed by atoms with van der Waals surface area (Å²) in [6.45, 7) is 1.74. The van der Waals surface area contributed by atoms with E-state index in [1.54, 1.807) is 6.92 Å². The van der Waals surface area contributed by atoms with Crippen LogP contribution in [0.5, 0.6) is 0 Å². The molecule has 68 valence electrons. The maximum atomic E-state index is 11.4. The average molecular weight is 189 g/mol. The molecule has 0 saturated heterocycles. The lowest BCUT2D eigenvalue weighted by Crippen LogP contribution is -2.27. The molecule has 1 rings (SSSR count). The van der Waals surface area contributed by atoms with Crippen molar-refractivity contribution in [1.82, 2.24) is 13.3 Å². The number of imidazole rings is 1. The summed E-state index contributed by atoms with van der Waals surface area (Å²) in [5.74, 6) is 0. The van der Waals surface area contributed by atoms with Crippen LogP contribution in [0.2, 0.25) is 0 Å². The van der Waals surface area contributed by atoms with Crippen LogP contribution >= 0.6 is 0 Å². The minimum absolute atomic E-state index is 0.681. The molecule has 0 fully saturated rings. The fraction of sp³-hybridized carbons (Fsp3) is 0.500. The van der Waals surface area contributed by atoms with Gasteiger partial charge in [-0.1, -0.05) is 0 Å². The molecule has 0 aliphatic heterocycles. The van der Waals surface area contributed by atoms with Crippen molar-refractivity contribution in [3.05, 3.63) is 18.2 Å². The van der Waals surface area contributed by atoms with Gasteiger partial charge >= 0.3 is 10.2 Å². The molecule has 6 heteroatoms. The van der Waals surface area contributed by atoms with Gasteiger partial charge in [-0.3, -0.25) is 0 Å². The summed E-state index contributed by atoms with van der Waals surface area (Å²) in [6.07, 6.45) is 2.75. The van der Waals surface area contributed by atoms with Gasteiger partial charge in [0.2, 0.25) is 0 Å². The summed E-state index contributed by atoms with van der Waals surface area (Å²) in [4.78, 5) is 3.82. The van der Waals surface area contributed by atoms with Crippen molar-refractivity contribution in [2.45, 2.75) is 6.92 Å². The van der Waals surface area contributed by atoms with Crippen LogP contribution in [-0.2, 0) is 10.2 Å². The summed E-state index contributed by atoms with van der Waals surface area (Å²) in [6, 6.07) is 0. The van der Waals surface area contributed by atoms with Crippen LogP contribution in [0.3, 0.4) is 0 Å². The Morgan fingerprint density at radius 1 is 1.50 bits per heavy atom. The monoisotopic (exact) mass is 189 g/mol. The van der Waals surface area contributed by atoms with E-state index in [9.17, 15) is 8.42 Å². The lowest BCUT2D eigenvalue weighted by atomic mass is 10.6. The summed E-state index contributed by atoms with van der Waals surface area (Å²) >= 11 is 0. The topological polar surface area (TPSA) is 55.2 Å². The lowest BCUT2D eigenvalue weighted by Gasteiger charge is -2.10. The Balaban J connectivity index is 3.15. The van der Waals surface area contributed by atoms with E-state index in [-0.39, 0.29) is 0 Å². The van der Waals surface area contributed by atoms with Crippen LogP contribution < -0.4 is 0 Å². The Bertz CT molecular complexity index is 366. The molecule has 12 heavy (non-hydrogen) atoms. The Labute approximate surface area is 71.8 Å². The van der Waals surface area contributed by atoms with Crippen molar-refractivity contribution in [2.24, 2.45) is 0 Å². The van der Waals surface area contributed by atoms with Gasteiger partial charge in [-0.05, 0) is 6.92 Å². The lowest BCUT2D eigenvalue weighted by molar-refractivity contribution is 0.510. The molecule has 0 aliphatic carbocycles. The van der Waals surface area contributed by atoms with E-state index in [0.717, 1.165) is 8.28 Å². The minimum atomic E-state index is -3.37. The maximum Gasteiger partial charge on any atom is 0.308 e. The van der Waals surface area contributed by atoms with E-state index in [0.29, 0.717) is 5.69 Å². The van der Waals surface area contributed by atoms with Gasteiger partial charge in [-0.2, -0.15) is 12.7 Å². The van der Waals surface area contributed by atoms with E-state index in [1.807, 2.05) is 0 Å². The fourth-order valence-corrected chi connectivity index (χ4v) is 1.54. The summed E-state index contributed by atoms with van der Waals surface area (Å²) in [7, 11) is -0.415. The van der Waals surface area contributed by atoms with E-state index in [1.165, 1.54) is 26.6 Å². The Morgan fingerprint density at radius 3 is 2.42 bits per heavy atom. The van der Waals surface area contributed by atoms with Crippen molar-refractivity contribution < 1.29 is 8.42 Å². The van der Waals surface area contributed by atoms with Gasteiger partial charge in [-0.25, -0.2) is 8.96 Å². The summed E-state index contributed by atoms with van der Waals surface area (Å²) < 4.78 is 25.0. The number of aryl methyl sites for hydroxylation is 1. The van der Waals surface area contributed by atoms with Crippen LogP contribution in [0.25, 0.3) is 0 Å². The molecular weight excluding hydrogens is 178 g/mol. The molecule has 1 aromatic rings. The van der Waals surface area contributed by atoms with Crippen LogP contribution in [0.1, 0.15) is 5.69 Å². The highest BCUT2D eigenvalue weighted by atomic mass is 32.2. The zero-order chi connectivity index (χ0) is 9.35. The molecular formula is C6H11N3O2S. The second kappa shape index (κ2) is 2.87. The first-order valence-corrected chi connectivity index (χ1v) is 4.78. The van der Waals surface area contributed by atoms with Gasteiger partial charge in [0.15, 0.2) is 0 Å². The van der Waals surface area contributed by atoms with Gasteiger partial charge in [0, 0.05) is 20.3 Å². The molecule has 0 unspecified atom stereocenters. The van der Waals surface area contributed by atoms with Crippen LogP contribution in [-0.4, -0.2) is 35.8 Å². The molecule has 0 saturated carbocycles. The molecule has 1 heterocycles. The quantitative estimate of drug-likeness (QED) is 0.650. The molecule has 0 spiro atoms. The van der Waals surface area contributed by atoms with Gasteiger partial charge in [-0.15, -0.1) is 0 Å². The third-order valence-electron chi connectivity index (χ3n) is 1.42. The number of hydrogen-bond acceptors (Lipinski definition) is 3. The molecule has 0 atom stereocenters. The van der Waals surface area contributed by atoms with Crippen molar-refractivity contribution in [3.8, 4) is 0 Å². The van der Waals surface area contributed by atoms with E-state index < -0.39 is 10.2 Å². The first-order valence-electron chi connectivity index (χ1n) is 3.38. The van der Waals surface area contributed by atoms with Crippen LogP contribution in [0.15, 0.2) is 12.5 Å². The first kappa shape index (κ1) is 9.21. The van der Waals surface area contributed by atoms with E-state index in [2.05, 4.69) is 4.98 Å². The third kappa shape index (κ3) is 1.49. The predicted octanol–water partition coefficient (Wildman–Crippen LogP) is -0.154. The van der Waals surface area contributed by atoms with Crippen molar-refractivity contribution in [3.63, 3.8) is 0 Å². The average Bonchev–Trinajstić information content (AvgIpc) is 2.35. The van der Waals surface area contributed by atoms with Gasteiger partial charge in [0.25, 0.3) is 0 Å². The van der Waals surface area contributed by atoms with E-state index >= 15 is 0 Å². The Kier molecular flexibility index (Phi) is 2.20. The van der Waals surface area contributed by atoms with E-state index in [4.69, 9.17) is 0 Å². The van der Waals surface area contributed by atoms with Crippen molar-refractivity contribution >= 4 is 10.2 Å². The first-order chi connectivity index (χ1) is 5.44. The predicted molar refractivity (Wildman–Crippen MR) is 45.0 cm³/mol. The highest BCUT2D eigenvalue weighted by Crippen LogP contribution is 2.01. The number of hydrogen-bond donors (Lipinski definition) is 0. The second-order valence-electron chi connectivity index (χ2n) is 2.64. The highest BCUT2D eigenvalue weighted by molar-refractivity contribution is 7.87. The molecule has 0 amide bonds. The van der Waals surface area contributed by atoms with Gasteiger partial charge in [0.05, 0.1) is 5.69 Å². The number of rotatable bonds is 2. The highest BCUT2D eigenvalue weighted by Gasteiger charge is 2.15. The zero-order valence-corrected chi connectivity index (χ0v) is 8.04. The molecule has 0 bridgehead atoms. The van der Waals surface area contributed by atoms with Crippen LogP contribution in [0.4, 0.5) is 0 Å². The minimum Gasteiger partial charge on any atom is -0.241 e. The molecule has 0 aliphatic rings. The normalized spacial score (nSPS) is 12.3. The number of aromatic nitrogens is 2. The molecule has 0 radical (unpaired) electrons. The van der Waals surface area contributed by atoms with Crippen LogP contribution in [0, 0.1) is 6.92 Å². The molecule has 0 N–H and O–H groups in total. The largest absolute Gasteiger partial charge is 0.308 e. The fourth-order valence-electron chi connectivity index (χ4n) is 0.714. The molecule has 0 aromatic carbocycles. The van der Waals surface area contributed by atoms with Gasteiger partial charge < -0.3 is 0 Å². The van der Waals surface area contributed by atoms with Crippen molar-refractivity contribution in [2.75, 3.05) is 14.1 Å². The smallest absolute Gasteiger partial charge is 0.241 e. The van der Waals surface area contributed by atoms with Crippen molar-refractivity contribution in [1.29, 1.82) is 0 Å². The Morgan fingerprint density at radius 2 is 2.08 bits per heavy atom. The standard InChI is InChI=1S/C6H11N3O2S/c1-6-4-9(5-7-6)12(10,11)8(2)3/h4-5H,1-3H3. The molecule has 1 aromatic heterocycles. The SMILES string of the molecule is Cc1cn(S(=O)(=O)N(C)C)cn1.